The minimum Gasteiger partial charge on any atom is -0.481 e. The molecule has 1 aliphatic heterocycles. The Hall–Kier alpha value is -0.570. The summed E-state index contributed by atoms with van der Waals surface area (Å²) in [4.78, 5) is 13.2. The summed E-state index contributed by atoms with van der Waals surface area (Å²) >= 11 is 0. The van der Waals surface area contributed by atoms with Gasteiger partial charge in [-0.3, -0.25) is 4.79 Å². The van der Waals surface area contributed by atoms with Crippen molar-refractivity contribution in [2.24, 2.45) is 5.92 Å². The molecule has 1 heterocycles. The normalized spacial score (nSPS) is 19.8. The SMILES string of the molecule is CCCCCCCCCCN1CCCC(CCC(=O)O)C1. The van der Waals surface area contributed by atoms with E-state index in [-0.39, 0.29) is 0 Å². The molecule has 0 aliphatic carbocycles. The topological polar surface area (TPSA) is 40.5 Å². The van der Waals surface area contributed by atoms with Gasteiger partial charge in [-0.1, -0.05) is 51.9 Å². The molecule has 0 radical (unpaired) electrons. The first-order valence-electron chi connectivity index (χ1n) is 9.16. The van der Waals surface area contributed by atoms with Crippen LogP contribution in [-0.4, -0.2) is 35.6 Å². The molecule has 0 bridgehead atoms. The molecule has 0 spiro atoms. The van der Waals surface area contributed by atoms with E-state index in [0.29, 0.717) is 12.3 Å². The van der Waals surface area contributed by atoms with Crippen molar-refractivity contribution in [3.05, 3.63) is 0 Å². The van der Waals surface area contributed by atoms with Gasteiger partial charge in [0, 0.05) is 13.0 Å². The Morgan fingerprint density at radius 1 is 1.10 bits per heavy atom. The second kappa shape index (κ2) is 12.0. The Balaban J connectivity index is 1.97. The van der Waals surface area contributed by atoms with Gasteiger partial charge >= 0.3 is 5.97 Å². The van der Waals surface area contributed by atoms with E-state index in [0.717, 1.165) is 13.0 Å². The van der Waals surface area contributed by atoms with E-state index < -0.39 is 5.97 Å². The predicted molar refractivity (Wildman–Crippen MR) is 88.6 cm³/mol. The number of piperidine rings is 1. The number of rotatable bonds is 12. The number of carboxylic acid groups (broad SMARTS) is 1. The van der Waals surface area contributed by atoms with Crippen LogP contribution in [0, 0.1) is 5.92 Å². The second-order valence-electron chi connectivity index (χ2n) is 6.72. The van der Waals surface area contributed by atoms with Crippen LogP contribution < -0.4 is 0 Å². The van der Waals surface area contributed by atoms with Crippen LogP contribution in [0.4, 0.5) is 0 Å². The fourth-order valence-electron chi connectivity index (χ4n) is 3.39. The summed E-state index contributed by atoms with van der Waals surface area (Å²) in [6, 6.07) is 0. The maximum atomic E-state index is 10.6. The van der Waals surface area contributed by atoms with E-state index in [2.05, 4.69) is 11.8 Å². The van der Waals surface area contributed by atoms with Crippen molar-refractivity contribution in [3.8, 4) is 0 Å². The van der Waals surface area contributed by atoms with E-state index in [4.69, 9.17) is 5.11 Å². The van der Waals surface area contributed by atoms with Gasteiger partial charge < -0.3 is 10.0 Å². The van der Waals surface area contributed by atoms with Gasteiger partial charge in [-0.2, -0.15) is 0 Å². The summed E-state index contributed by atoms with van der Waals surface area (Å²) in [5.74, 6) is -0.0286. The highest BCUT2D eigenvalue weighted by molar-refractivity contribution is 5.66. The lowest BCUT2D eigenvalue weighted by molar-refractivity contribution is -0.137. The summed E-state index contributed by atoms with van der Waals surface area (Å²) in [7, 11) is 0. The van der Waals surface area contributed by atoms with E-state index in [9.17, 15) is 4.79 Å². The number of carbonyl (C=O) groups is 1. The second-order valence-corrected chi connectivity index (χ2v) is 6.72. The van der Waals surface area contributed by atoms with Gasteiger partial charge in [0.05, 0.1) is 0 Å². The number of nitrogens with zero attached hydrogens (tertiary/aromatic N) is 1. The number of aliphatic carboxylic acids is 1. The fourth-order valence-corrected chi connectivity index (χ4v) is 3.39. The number of carboxylic acids is 1. The molecule has 3 heteroatoms. The molecule has 1 N–H and O–H groups in total. The van der Waals surface area contributed by atoms with Crippen molar-refractivity contribution >= 4 is 5.97 Å². The molecule has 0 aromatic rings. The first kappa shape index (κ1) is 18.5. The summed E-state index contributed by atoms with van der Waals surface area (Å²) < 4.78 is 0. The van der Waals surface area contributed by atoms with E-state index >= 15 is 0 Å². The molecule has 124 valence electrons. The molecule has 3 nitrogen and oxygen atoms in total. The molecule has 1 rings (SSSR count). The van der Waals surface area contributed by atoms with Crippen LogP contribution in [0.25, 0.3) is 0 Å². The number of unbranched alkanes of at least 4 members (excludes halogenated alkanes) is 7. The van der Waals surface area contributed by atoms with Crippen molar-refractivity contribution in [2.75, 3.05) is 19.6 Å². The Labute approximate surface area is 131 Å². The van der Waals surface area contributed by atoms with Crippen LogP contribution in [0.1, 0.15) is 84.0 Å². The maximum absolute atomic E-state index is 10.6. The van der Waals surface area contributed by atoms with Gasteiger partial charge in [0.1, 0.15) is 0 Å². The highest BCUT2D eigenvalue weighted by atomic mass is 16.4. The van der Waals surface area contributed by atoms with Crippen LogP contribution in [0.2, 0.25) is 0 Å². The Bertz CT molecular complexity index is 268. The van der Waals surface area contributed by atoms with E-state index in [1.54, 1.807) is 0 Å². The molecule has 1 atom stereocenters. The fraction of sp³-hybridized carbons (Fsp3) is 0.944. The van der Waals surface area contributed by atoms with Crippen molar-refractivity contribution < 1.29 is 9.90 Å². The van der Waals surface area contributed by atoms with Gasteiger partial charge in [-0.15, -0.1) is 0 Å². The van der Waals surface area contributed by atoms with Gasteiger partial charge in [0.2, 0.25) is 0 Å². The molecule has 0 saturated carbocycles. The van der Waals surface area contributed by atoms with E-state index in [1.165, 1.54) is 77.3 Å². The molecule has 0 amide bonds. The smallest absolute Gasteiger partial charge is 0.303 e. The third-order valence-electron chi connectivity index (χ3n) is 4.70. The summed E-state index contributed by atoms with van der Waals surface area (Å²) in [6.07, 6.45) is 14.7. The van der Waals surface area contributed by atoms with Crippen LogP contribution in [0.3, 0.4) is 0 Å². The van der Waals surface area contributed by atoms with Crippen LogP contribution >= 0.6 is 0 Å². The third-order valence-corrected chi connectivity index (χ3v) is 4.70. The highest BCUT2D eigenvalue weighted by Gasteiger charge is 2.19. The van der Waals surface area contributed by atoms with Gasteiger partial charge in [-0.05, 0) is 44.7 Å². The number of hydrogen-bond donors (Lipinski definition) is 1. The monoisotopic (exact) mass is 297 g/mol. The average Bonchev–Trinajstić information content (AvgIpc) is 2.48. The minimum absolute atomic E-state index is 0.344. The summed E-state index contributed by atoms with van der Waals surface area (Å²) in [5, 5.41) is 8.77. The van der Waals surface area contributed by atoms with Gasteiger partial charge in [-0.25, -0.2) is 0 Å². The number of hydrogen-bond acceptors (Lipinski definition) is 2. The zero-order valence-electron chi connectivity index (χ0n) is 14.0. The van der Waals surface area contributed by atoms with Gasteiger partial charge in [0.15, 0.2) is 0 Å². The van der Waals surface area contributed by atoms with Crippen LogP contribution in [0.15, 0.2) is 0 Å². The molecule has 1 saturated heterocycles. The molecule has 21 heavy (non-hydrogen) atoms. The largest absolute Gasteiger partial charge is 0.481 e. The van der Waals surface area contributed by atoms with Crippen molar-refractivity contribution in [3.63, 3.8) is 0 Å². The average molecular weight is 297 g/mol. The lowest BCUT2D eigenvalue weighted by Gasteiger charge is -2.32. The highest BCUT2D eigenvalue weighted by Crippen LogP contribution is 2.21. The maximum Gasteiger partial charge on any atom is 0.303 e. The van der Waals surface area contributed by atoms with Crippen LogP contribution in [0.5, 0.6) is 0 Å². The molecule has 1 aliphatic rings. The third kappa shape index (κ3) is 9.89. The number of likely N-dealkylation sites (tertiary alicyclic amines) is 1. The first-order valence-corrected chi connectivity index (χ1v) is 9.16. The van der Waals surface area contributed by atoms with Gasteiger partial charge in [0.25, 0.3) is 0 Å². The zero-order chi connectivity index (χ0) is 15.3. The first-order chi connectivity index (χ1) is 10.2. The van der Waals surface area contributed by atoms with Crippen molar-refractivity contribution in [2.45, 2.75) is 84.0 Å². The molecular formula is C18H35NO2. The lowest BCUT2D eigenvalue weighted by Crippen LogP contribution is -2.36. The Kier molecular flexibility index (Phi) is 10.6. The standard InChI is InChI=1S/C18H35NO2/c1-2-3-4-5-6-7-8-9-14-19-15-10-11-17(16-19)12-13-18(20)21/h17H,2-16H2,1H3,(H,20,21). The van der Waals surface area contributed by atoms with Crippen LogP contribution in [-0.2, 0) is 4.79 Å². The summed E-state index contributed by atoms with van der Waals surface area (Å²) in [5.41, 5.74) is 0. The predicted octanol–water partition coefficient (Wildman–Crippen LogP) is 4.70. The molecule has 0 aromatic carbocycles. The Morgan fingerprint density at radius 2 is 1.76 bits per heavy atom. The quantitative estimate of drug-likeness (QED) is 0.531. The van der Waals surface area contributed by atoms with Crippen molar-refractivity contribution in [1.82, 2.24) is 4.90 Å². The Morgan fingerprint density at radius 3 is 2.43 bits per heavy atom. The molecule has 1 unspecified atom stereocenters. The van der Waals surface area contributed by atoms with Crippen molar-refractivity contribution in [1.29, 1.82) is 0 Å². The zero-order valence-corrected chi connectivity index (χ0v) is 14.0. The molecule has 1 fully saturated rings. The summed E-state index contributed by atoms with van der Waals surface area (Å²) in [6.45, 7) is 5.84. The van der Waals surface area contributed by atoms with E-state index in [1.807, 2.05) is 0 Å². The minimum atomic E-state index is -0.643. The molecular weight excluding hydrogens is 262 g/mol. The lowest BCUT2D eigenvalue weighted by atomic mass is 9.93. The molecule has 0 aromatic heterocycles.